The Labute approximate surface area is 150 Å². The normalized spacial score (nSPS) is 10.9. The van der Waals surface area contributed by atoms with Crippen LogP contribution in [0.25, 0.3) is 10.9 Å². The fourth-order valence-corrected chi connectivity index (χ4v) is 2.55. The van der Waals surface area contributed by atoms with E-state index in [2.05, 4.69) is 25.2 Å². The van der Waals surface area contributed by atoms with Crippen LogP contribution in [0, 0.1) is 17.1 Å². The van der Waals surface area contributed by atoms with Crippen LogP contribution in [0.15, 0.2) is 30.6 Å². The van der Waals surface area contributed by atoms with E-state index in [1.54, 1.807) is 18.2 Å². The zero-order chi connectivity index (χ0) is 18.7. The van der Waals surface area contributed by atoms with Crippen molar-refractivity contribution in [1.82, 2.24) is 19.9 Å². The Kier molecular flexibility index (Phi) is 4.91. The molecule has 0 spiro atoms. The van der Waals surface area contributed by atoms with E-state index in [1.165, 1.54) is 12.4 Å². The van der Waals surface area contributed by atoms with E-state index in [0.717, 1.165) is 12.1 Å². The van der Waals surface area contributed by atoms with E-state index in [1.807, 2.05) is 20.0 Å². The summed E-state index contributed by atoms with van der Waals surface area (Å²) in [4.78, 5) is 14.5. The molecule has 0 aliphatic heterocycles. The molecule has 0 saturated heterocycles. The largest absolute Gasteiger partial charge is 0.382 e. The third-order valence-electron chi connectivity index (χ3n) is 4.09. The Morgan fingerprint density at radius 3 is 2.85 bits per heavy atom. The third kappa shape index (κ3) is 3.38. The molecule has 0 fully saturated rings. The molecule has 0 unspecified atom stereocenters. The highest BCUT2D eigenvalue weighted by molar-refractivity contribution is 5.83. The summed E-state index contributed by atoms with van der Waals surface area (Å²) in [5, 5.41) is 12.8. The molecule has 0 radical (unpaired) electrons. The Hall–Kier alpha value is -3.31. The van der Waals surface area contributed by atoms with Gasteiger partial charge in [-0.2, -0.15) is 5.26 Å². The van der Waals surface area contributed by atoms with Crippen LogP contribution in [-0.4, -0.2) is 33.4 Å². The van der Waals surface area contributed by atoms with E-state index >= 15 is 0 Å². The summed E-state index contributed by atoms with van der Waals surface area (Å²) in [6.07, 6.45) is 1.27. The van der Waals surface area contributed by atoms with E-state index in [9.17, 15) is 9.65 Å². The van der Waals surface area contributed by atoms with Crippen LogP contribution in [0.4, 0.5) is 21.8 Å². The van der Waals surface area contributed by atoms with Crippen molar-refractivity contribution >= 4 is 28.4 Å². The quantitative estimate of drug-likeness (QED) is 0.728. The summed E-state index contributed by atoms with van der Waals surface area (Å²) in [5.74, 6) is 0.525. The molecule has 3 rings (SSSR count). The topological polar surface area (TPSA) is 104 Å². The Balaban J connectivity index is 2.13. The van der Waals surface area contributed by atoms with E-state index < -0.39 is 0 Å². The number of fused-ring (bicyclic) bond motifs is 1. The van der Waals surface area contributed by atoms with Gasteiger partial charge >= 0.3 is 0 Å². The molecule has 7 nitrogen and oxygen atoms in total. The van der Waals surface area contributed by atoms with Crippen molar-refractivity contribution in [2.24, 2.45) is 0 Å². The number of hydrogen-bond acceptors (Lipinski definition) is 7. The predicted octanol–water partition coefficient (Wildman–Crippen LogP) is 2.81. The van der Waals surface area contributed by atoms with Gasteiger partial charge in [0.25, 0.3) is 0 Å². The maximum atomic E-state index is 14.2. The van der Waals surface area contributed by atoms with Crippen molar-refractivity contribution in [3.63, 3.8) is 0 Å². The molecule has 2 aromatic heterocycles. The number of hydrogen-bond donors (Lipinski definition) is 2. The van der Waals surface area contributed by atoms with Crippen molar-refractivity contribution in [3.8, 4) is 6.07 Å². The SMILES string of the molecule is CCN(C)Cc1cc2c(F)cccc2nc1Nc1ncnc(N)c1C#N. The van der Waals surface area contributed by atoms with Gasteiger partial charge in [0.15, 0.2) is 5.82 Å². The minimum absolute atomic E-state index is 0.0871. The first kappa shape index (κ1) is 17.5. The number of anilines is 3. The molecule has 1 aromatic carbocycles. The average molecular weight is 351 g/mol. The van der Waals surface area contributed by atoms with Gasteiger partial charge in [-0.3, -0.25) is 0 Å². The Bertz CT molecular complexity index is 997. The number of rotatable bonds is 5. The van der Waals surface area contributed by atoms with Gasteiger partial charge in [-0.05, 0) is 31.8 Å². The first-order valence-corrected chi connectivity index (χ1v) is 8.07. The van der Waals surface area contributed by atoms with E-state index in [-0.39, 0.29) is 23.0 Å². The number of nitriles is 1. The number of benzene rings is 1. The van der Waals surface area contributed by atoms with Crippen LogP contribution < -0.4 is 11.1 Å². The first-order chi connectivity index (χ1) is 12.5. The number of pyridine rings is 1. The molecule has 3 aromatic rings. The molecule has 8 heteroatoms. The molecule has 2 heterocycles. The van der Waals surface area contributed by atoms with Gasteiger partial charge in [0.2, 0.25) is 0 Å². The smallest absolute Gasteiger partial charge is 0.155 e. The second-order valence-electron chi connectivity index (χ2n) is 5.85. The van der Waals surface area contributed by atoms with Gasteiger partial charge in [0.1, 0.15) is 35.4 Å². The minimum atomic E-state index is -0.328. The molecular weight excluding hydrogens is 333 g/mol. The molecule has 26 heavy (non-hydrogen) atoms. The van der Waals surface area contributed by atoms with Crippen molar-refractivity contribution < 1.29 is 4.39 Å². The summed E-state index contributed by atoms with van der Waals surface area (Å²) in [5.41, 5.74) is 7.18. The van der Waals surface area contributed by atoms with Gasteiger partial charge in [-0.15, -0.1) is 0 Å². The van der Waals surface area contributed by atoms with Gasteiger partial charge in [-0.1, -0.05) is 13.0 Å². The number of nitrogen functional groups attached to an aromatic ring is 1. The number of aromatic nitrogens is 3. The standard InChI is InChI=1S/C18H18FN7/c1-3-26(2)9-11-7-12-14(19)5-4-6-15(12)24-17(11)25-18-13(8-20)16(21)22-10-23-18/h4-7,10H,3,9H2,1-2H3,(H3,21,22,23,24,25). The van der Waals surface area contributed by atoms with E-state index in [0.29, 0.717) is 23.3 Å². The molecule has 0 atom stereocenters. The average Bonchev–Trinajstić information content (AvgIpc) is 2.63. The highest BCUT2D eigenvalue weighted by Crippen LogP contribution is 2.27. The maximum Gasteiger partial charge on any atom is 0.155 e. The van der Waals surface area contributed by atoms with Crippen LogP contribution in [0.1, 0.15) is 18.1 Å². The summed E-state index contributed by atoms with van der Waals surface area (Å²) in [6.45, 7) is 3.40. The number of halogens is 1. The lowest BCUT2D eigenvalue weighted by Gasteiger charge is -2.18. The van der Waals surface area contributed by atoms with Gasteiger partial charge in [-0.25, -0.2) is 19.3 Å². The predicted molar refractivity (Wildman–Crippen MR) is 98.2 cm³/mol. The molecule has 0 amide bonds. The fraction of sp³-hybridized carbons (Fsp3) is 0.222. The summed E-state index contributed by atoms with van der Waals surface area (Å²) < 4.78 is 14.2. The second kappa shape index (κ2) is 7.29. The number of nitrogens with zero attached hydrogens (tertiary/aromatic N) is 5. The maximum absolute atomic E-state index is 14.2. The van der Waals surface area contributed by atoms with Gasteiger partial charge < -0.3 is 16.0 Å². The van der Waals surface area contributed by atoms with Crippen molar-refractivity contribution in [2.45, 2.75) is 13.5 Å². The van der Waals surface area contributed by atoms with Gasteiger partial charge in [0, 0.05) is 17.5 Å². The molecule has 0 saturated carbocycles. The zero-order valence-corrected chi connectivity index (χ0v) is 14.5. The highest BCUT2D eigenvalue weighted by atomic mass is 19.1. The summed E-state index contributed by atoms with van der Waals surface area (Å²) in [6, 6.07) is 8.50. The number of nitrogens with two attached hydrogens (primary N) is 1. The first-order valence-electron chi connectivity index (χ1n) is 8.07. The third-order valence-corrected chi connectivity index (χ3v) is 4.09. The lowest BCUT2D eigenvalue weighted by molar-refractivity contribution is 0.346. The molecular formula is C18H18FN7. The van der Waals surface area contributed by atoms with Crippen LogP contribution in [-0.2, 0) is 6.54 Å². The molecule has 0 aliphatic rings. The van der Waals surface area contributed by atoms with Gasteiger partial charge in [0.05, 0.1) is 5.52 Å². The van der Waals surface area contributed by atoms with Crippen molar-refractivity contribution in [3.05, 3.63) is 47.5 Å². The zero-order valence-electron chi connectivity index (χ0n) is 14.5. The highest BCUT2D eigenvalue weighted by Gasteiger charge is 2.15. The van der Waals surface area contributed by atoms with Crippen LogP contribution in [0.2, 0.25) is 0 Å². The second-order valence-corrected chi connectivity index (χ2v) is 5.85. The lowest BCUT2D eigenvalue weighted by Crippen LogP contribution is -2.18. The van der Waals surface area contributed by atoms with Crippen LogP contribution in [0.3, 0.4) is 0 Å². The molecule has 132 valence electrons. The number of nitrogens with one attached hydrogen (secondary N) is 1. The molecule has 0 bridgehead atoms. The minimum Gasteiger partial charge on any atom is -0.382 e. The van der Waals surface area contributed by atoms with Crippen LogP contribution in [0.5, 0.6) is 0 Å². The Morgan fingerprint density at radius 2 is 2.12 bits per heavy atom. The lowest BCUT2D eigenvalue weighted by atomic mass is 10.1. The fourth-order valence-electron chi connectivity index (χ4n) is 2.55. The van der Waals surface area contributed by atoms with Crippen LogP contribution >= 0.6 is 0 Å². The van der Waals surface area contributed by atoms with Crippen molar-refractivity contribution in [2.75, 3.05) is 24.6 Å². The van der Waals surface area contributed by atoms with E-state index in [4.69, 9.17) is 5.73 Å². The molecule has 0 aliphatic carbocycles. The van der Waals surface area contributed by atoms with Crippen molar-refractivity contribution in [1.29, 1.82) is 5.26 Å². The summed E-state index contributed by atoms with van der Waals surface area (Å²) >= 11 is 0. The Morgan fingerprint density at radius 1 is 1.31 bits per heavy atom. The monoisotopic (exact) mass is 351 g/mol. The molecule has 3 N–H and O–H groups in total. The summed E-state index contributed by atoms with van der Waals surface area (Å²) in [7, 11) is 1.96.